The molecule has 0 aromatic heterocycles. The van der Waals surface area contributed by atoms with Gasteiger partial charge in [-0.05, 0) is 42.0 Å². The van der Waals surface area contributed by atoms with Gasteiger partial charge in [-0.15, -0.1) is 6.58 Å². The lowest BCUT2D eigenvalue weighted by Crippen LogP contribution is -2.33. The number of carbonyl (C=O) groups excluding carboxylic acids is 3. The van der Waals surface area contributed by atoms with Gasteiger partial charge in [0.1, 0.15) is 5.25 Å². The lowest BCUT2D eigenvalue weighted by Gasteiger charge is -2.14. The second kappa shape index (κ2) is 9.60. The molecule has 154 valence electrons. The maximum Gasteiger partial charge on any atom is 0.242 e. The van der Waals surface area contributed by atoms with Crippen molar-refractivity contribution in [2.75, 3.05) is 11.9 Å². The Labute approximate surface area is 182 Å². The summed E-state index contributed by atoms with van der Waals surface area (Å²) in [5.74, 6) is -1.82. The number of benzene rings is 2. The first-order valence-corrected chi connectivity index (χ1v) is 10.2. The van der Waals surface area contributed by atoms with Crippen LogP contribution in [0.5, 0.6) is 0 Å². The third-order valence-corrected chi connectivity index (χ3v) is 5.59. The zero-order chi connectivity index (χ0) is 21.7. The van der Waals surface area contributed by atoms with Crippen LogP contribution in [0.15, 0.2) is 66.2 Å². The molecule has 1 fully saturated rings. The van der Waals surface area contributed by atoms with E-state index in [2.05, 4.69) is 16.9 Å². The SMILES string of the molecule is C=CCN1C(=O)[C@H](CC(=O)Nc2ccc(Cl)cc2)SC1=Nc1ccc(C(=O)[O-])cc1. The highest BCUT2D eigenvalue weighted by Crippen LogP contribution is 2.32. The van der Waals surface area contributed by atoms with Crippen molar-refractivity contribution in [2.45, 2.75) is 11.7 Å². The maximum atomic E-state index is 12.8. The smallest absolute Gasteiger partial charge is 0.242 e. The average Bonchev–Trinajstić information content (AvgIpc) is 2.99. The Bertz CT molecular complexity index is 1010. The monoisotopic (exact) mass is 442 g/mol. The molecule has 1 aliphatic heterocycles. The van der Waals surface area contributed by atoms with Gasteiger partial charge in [0.25, 0.3) is 0 Å². The highest BCUT2D eigenvalue weighted by Gasteiger charge is 2.38. The van der Waals surface area contributed by atoms with Crippen LogP contribution in [-0.4, -0.2) is 39.6 Å². The Balaban J connectivity index is 1.73. The van der Waals surface area contributed by atoms with Crippen molar-refractivity contribution in [1.29, 1.82) is 0 Å². The number of hydrogen-bond donors (Lipinski definition) is 1. The van der Waals surface area contributed by atoms with Crippen LogP contribution >= 0.6 is 23.4 Å². The Morgan fingerprint density at radius 1 is 1.20 bits per heavy atom. The maximum absolute atomic E-state index is 12.8. The van der Waals surface area contributed by atoms with Crippen molar-refractivity contribution in [1.82, 2.24) is 4.90 Å². The molecule has 0 spiro atoms. The van der Waals surface area contributed by atoms with E-state index in [1.807, 2.05) is 0 Å². The zero-order valence-corrected chi connectivity index (χ0v) is 17.3. The Kier molecular flexibility index (Phi) is 6.91. The second-order valence-corrected chi connectivity index (χ2v) is 7.94. The molecule has 7 nitrogen and oxygen atoms in total. The van der Waals surface area contributed by atoms with Gasteiger partial charge < -0.3 is 15.2 Å². The number of nitrogens with one attached hydrogen (secondary N) is 1. The van der Waals surface area contributed by atoms with E-state index < -0.39 is 11.2 Å². The molecule has 1 N–H and O–H groups in total. The summed E-state index contributed by atoms with van der Waals surface area (Å²) in [6.07, 6.45) is 1.55. The van der Waals surface area contributed by atoms with Crippen LogP contribution < -0.4 is 10.4 Å². The van der Waals surface area contributed by atoms with Crippen molar-refractivity contribution in [3.63, 3.8) is 0 Å². The Morgan fingerprint density at radius 3 is 2.47 bits per heavy atom. The number of carbonyl (C=O) groups is 3. The number of carboxylic acid groups (broad SMARTS) is 1. The molecule has 0 radical (unpaired) electrons. The third kappa shape index (κ3) is 5.28. The molecule has 1 aliphatic rings. The summed E-state index contributed by atoms with van der Waals surface area (Å²) in [7, 11) is 0. The number of halogens is 1. The minimum absolute atomic E-state index is 0.0254. The molecule has 1 atom stereocenters. The van der Waals surface area contributed by atoms with E-state index in [0.717, 1.165) is 0 Å². The summed E-state index contributed by atoms with van der Waals surface area (Å²) in [6, 6.07) is 12.5. The fourth-order valence-corrected chi connectivity index (χ4v) is 4.01. The number of carboxylic acids is 1. The van der Waals surface area contributed by atoms with E-state index in [1.165, 1.54) is 40.9 Å². The zero-order valence-electron chi connectivity index (χ0n) is 15.7. The fraction of sp³-hybridized carbons (Fsp3) is 0.143. The Hall–Kier alpha value is -3.10. The lowest BCUT2D eigenvalue weighted by molar-refractivity contribution is -0.255. The van der Waals surface area contributed by atoms with Crippen molar-refractivity contribution in [3.05, 3.63) is 71.8 Å². The van der Waals surface area contributed by atoms with Crippen molar-refractivity contribution in [3.8, 4) is 0 Å². The van der Waals surface area contributed by atoms with E-state index in [1.54, 1.807) is 30.3 Å². The number of thioether (sulfide) groups is 1. The van der Waals surface area contributed by atoms with Gasteiger partial charge in [-0.3, -0.25) is 14.5 Å². The molecule has 1 heterocycles. The summed E-state index contributed by atoms with van der Waals surface area (Å²) in [5.41, 5.74) is 1.11. The van der Waals surface area contributed by atoms with Gasteiger partial charge in [-0.25, -0.2) is 4.99 Å². The average molecular weight is 443 g/mol. The van der Waals surface area contributed by atoms with E-state index in [9.17, 15) is 19.5 Å². The first-order valence-electron chi connectivity index (χ1n) is 8.92. The molecule has 2 aromatic rings. The van der Waals surface area contributed by atoms with Crippen LogP contribution in [0.4, 0.5) is 11.4 Å². The topological polar surface area (TPSA) is 102 Å². The summed E-state index contributed by atoms with van der Waals surface area (Å²) in [6.45, 7) is 3.91. The van der Waals surface area contributed by atoms with Gasteiger partial charge >= 0.3 is 0 Å². The molecular weight excluding hydrogens is 426 g/mol. The van der Waals surface area contributed by atoms with Crippen LogP contribution in [0.3, 0.4) is 0 Å². The largest absolute Gasteiger partial charge is 0.545 e. The van der Waals surface area contributed by atoms with Crippen molar-refractivity contribution < 1.29 is 19.5 Å². The van der Waals surface area contributed by atoms with Crippen LogP contribution in [0.25, 0.3) is 0 Å². The number of aromatic carboxylic acids is 1. The first-order chi connectivity index (χ1) is 14.4. The van der Waals surface area contributed by atoms with Gasteiger partial charge in [0.2, 0.25) is 11.8 Å². The third-order valence-electron chi connectivity index (χ3n) is 4.16. The predicted molar refractivity (Wildman–Crippen MR) is 116 cm³/mol. The number of hydrogen-bond acceptors (Lipinski definition) is 6. The van der Waals surface area contributed by atoms with E-state index >= 15 is 0 Å². The molecular formula is C21H17ClN3O4S-. The molecule has 0 unspecified atom stereocenters. The highest BCUT2D eigenvalue weighted by atomic mass is 35.5. The number of aliphatic imine (C=N–C) groups is 1. The lowest BCUT2D eigenvalue weighted by atomic mass is 10.2. The van der Waals surface area contributed by atoms with Gasteiger partial charge in [0.05, 0.1) is 11.7 Å². The van der Waals surface area contributed by atoms with E-state index in [0.29, 0.717) is 21.6 Å². The summed E-state index contributed by atoms with van der Waals surface area (Å²) >= 11 is 7.02. The molecule has 3 rings (SSSR count). The predicted octanol–water partition coefficient (Wildman–Crippen LogP) is 2.85. The summed E-state index contributed by atoms with van der Waals surface area (Å²) in [4.78, 5) is 41.9. The Morgan fingerprint density at radius 2 is 1.87 bits per heavy atom. The fourth-order valence-electron chi connectivity index (χ4n) is 2.72. The van der Waals surface area contributed by atoms with Gasteiger partial charge in [-0.1, -0.05) is 41.6 Å². The number of anilines is 1. The van der Waals surface area contributed by atoms with Crippen LogP contribution in [-0.2, 0) is 9.59 Å². The molecule has 0 aliphatic carbocycles. The molecule has 0 bridgehead atoms. The van der Waals surface area contributed by atoms with Gasteiger partial charge in [-0.2, -0.15) is 0 Å². The number of nitrogens with zero attached hydrogens (tertiary/aromatic N) is 2. The molecule has 30 heavy (non-hydrogen) atoms. The van der Waals surface area contributed by atoms with Crippen LogP contribution in [0.2, 0.25) is 5.02 Å². The number of amidine groups is 1. The highest BCUT2D eigenvalue weighted by molar-refractivity contribution is 8.15. The molecule has 0 saturated carbocycles. The van der Waals surface area contributed by atoms with Gasteiger partial charge in [0.15, 0.2) is 5.17 Å². The van der Waals surface area contributed by atoms with Crippen LogP contribution in [0, 0.1) is 0 Å². The second-order valence-electron chi connectivity index (χ2n) is 6.33. The van der Waals surface area contributed by atoms with Crippen molar-refractivity contribution in [2.24, 2.45) is 4.99 Å². The van der Waals surface area contributed by atoms with Gasteiger partial charge in [0, 0.05) is 23.7 Å². The van der Waals surface area contributed by atoms with Crippen LogP contribution in [0.1, 0.15) is 16.8 Å². The van der Waals surface area contributed by atoms with Crippen molar-refractivity contribution >= 4 is 57.7 Å². The molecule has 1 saturated heterocycles. The summed E-state index contributed by atoms with van der Waals surface area (Å²) < 4.78 is 0. The normalized spacial score (nSPS) is 17.2. The standard InChI is InChI=1S/C21H18ClN3O4S/c1-2-11-25-19(27)17(12-18(26)23-15-9-5-14(22)6-10-15)30-21(25)24-16-7-3-13(4-8-16)20(28)29/h2-10,17H,1,11-12H2,(H,23,26)(H,28,29)/p-1/t17-/m0/s1. The van der Waals surface area contributed by atoms with E-state index in [4.69, 9.17) is 11.6 Å². The summed E-state index contributed by atoms with van der Waals surface area (Å²) in [5, 5.41) is 14.0. The van der Waals surface area contributed by atoms with E-state index in [-0.39, 0.29) is 30.3 Å². The first kappa shape index (κ1) is 21.6. The quantitative estimate of drug-likeness (QED) is 0.664. The minimum Gasteiger partial charge on any atom is -0.545 e. The molecule has 2 amide bonds. The molecule has 9 heteroatoms. The minimum atomic E-state index is -1.28. The number of amides is 2. The molecule has 2 aromatic carbocycles. The number of rotatable bonds is 7.